The van der Waals surface area contributed by atoms with E-state index in [2.05, 4.69) is 19.2 Å². The Labute approximate surface area is 148 Å². The maximum Gasteiger partial charge on any atom is 0.321 e. The number of anilines is 1. The van der Waals surface area contributed by atoms with Crippen LogP contribution in [-0.2, 0) is 9.47 Å². The van der Waals surface area contributed by atoms with Gasteiger partial charge in [-0.25, -0.2) is 9.18 Å². The summed E-state index contributed by atoms with van der Waals surface area (Å²) in [6.45, 7) is 5.67. The third kappa shape index (κ3) is 4.30. The minimum Gasteiger partial charge on any atom is -0.349 e. The van der Waals surface area contributed by atoms with Crippen molar-refractivity contribution in [1.82, 2.24) is 4.90 Å². The standard InChI is InChI=1S/C19H27FN2O3/c1-18(2)12-24-19(25-13-18)9-7-16(8-10-19)22(3)17(23)21-15-6-4-5-14(20)11-15/h4-6,11,16H,7-10,12-13H2,1-3H3,(H,21,23). The molecule has 2 aliphatic rings. The van der Waals surface area contributed by atoms with Gasteiger partial charge in [0.05, 0.1) is 13.2 Å². The SMILES string of the molecule is CN(C(=O)Nc1cccc(F)c1)C1CCC2(CC1)OCC(C)(C)CO2. The highest BCUT2D eigenvalue weighted by Crippen LogP contribution is 2.40. The van der Waals surface area contributed by atoms with Gasteiger partial charge in [-0.15, -0.1) is 0 Å². The van der Waals surface area contributed by atoms with Crippen molar-refractivity contribution >= 4 is 11.7 Å². The van der Waals surface area contributed by atoms with Crippen molar-refractivity contribution < 1.29 is 18.7 Å². The zero-order valence-electron chi connectivity index (χ0n) is 15.2. The molecule has 3 rings (SSSR count). The van der Waals surface area contributed by atoms with Crippen LogP contribution in [0.4, 0.5) is 14.9 Å². The second-order valence-electron chi connectivity index (χ2n) is 7.93. The Kier molecular flexibility index (Phi) is 5.02. The average Bonchev–Trinajstić information content (AvgIpc) is 2.58. The Hall–Kier alpha value is -1.66. The molecule has 1 N–H and O–H groups in total. The lowest BCUT2D eigenvalue weighted by Gasteiger charge is -2.47. The first kappa shape index (κ1) is 18.1. The molecule has 1 saturated carbocycles. The second kappa shape index (κ2) is 6.92. The lowest BCUT2D eigenvalue weighted by Crippen LogP contribution is -2.52. The summed E-state index contributed by atoms with van der Waals surface area (Å²) in [5, 5.41) is 2.75. The van der Waals surface area contributed by atoms with Gasteiger partial charge in [-0.2, -0.15) is 0 Å². The number of rotatable bonds is 2. The number of hydrogen-bond acceptors (Lipinski definition) is 3. The molecule has 1 aliphatic heterocycles. The van der Waals surface area contributed by atoms with Crippen molar-refractivity contribution in [2.45, 2.75) is 51.4 Å². The number of ether oxygens (including phenoxy) is 2. The summed E-state index contributed by atoms with van der Waals surface area (Å²) in [5.41, 5.74) is 0.523. The normalized spacial score (nSPS) is 22.6. The molecular formula is C19H27FN2O3. The van der Waals surface area contributed by atoms with Crippen LogP contribution in [0.2, 0.25) is 0 Å². The molecule has 1 aromatic rings. The number of urea groups is 1. The molecule has 1 saturated heterocycles. The van der Waals surface area contributed by atoms with Gasteiger partial charge in [0.2, 0.25) is 0 Å². The molecule has 0 unspecified atom stereocenters. The summed E-state index contributed by atoms with van der Waals surface area (Å²) in [7, 11) is 1.78. The maximum atomic E-state index is 13.2. The molecule has 5 nitrogen and oxygen atoms in total. The van der Waals surface area contributed by atoms with Crippen LogP contribution >= 0.6 is 0 Å². The summed E-state index contributed by atoms with van der Waals surface area (Å²) < 4.78 is 25.3. The fraction of sp³-hybridized carbons (Fsp3) is 0.632. The largest absolute Gasteiger partial charge is 0.349 e. The van der Waals surface area contributed by atoms with E-state index in [1.165, 1.54) is 12.1 Å². The van der Waals surface area contributed by atoms with E-state index in [0.717, 1.165) is 25.7 Å². The van der Waals surface area contributed by atoms with Gasteiger partial charge >= 0.3 is 6.03 Å². The van der Waals surface area contributed by atoms with Crippen molar-refractivity contribution in [3.05, 3.63) is 30.1 Å². The molecule has 1 aromatic carbocycles. The zero-order valence-corrected chi connectivity index (χ0v) is 15.2. The van der Waals surface area contributed by atoms with Crippen LogP contribution in [-0.4, -0.2) is 43.0 Å². The number of benzene rings is 1. The Balaban J connectivity index is 1.53. The molecule has 1 aliphatic carbocycles. The van der Waals surface area contributed by atoms with E-state index in [1.54, 1.807) is 24.1 Å². The first-order valence-electron chi connectivity index (χ1n) is 8.86. The Bertz CT molecular complexity index is 615. The Morgan fingerprint density at radius 3 is 2.48 bits per heavy atom. The lowest BCUT2D eigenvalue weighted by molar-refractivity contribution is -0.312. The number of carbonyl (C=O) groups excluding carboxylic acids is 1. The van der Waals surface area contributed by atoms with Crippen LogP contribution < -0.4 is 5.32 Å². The van der Waals surface area contributed by atoms with Gasteiger partial charge in [0, 0.05) is 37.0 Å². The maximum absolute atomic E-state index is 13.2. The predicted octanol–water partition coefficient (Wildman–Crippen LogP) is 4.00. The minimum absolute atomic E-state index is 0.0593. The minimum atomic E-state index is -0.480. The predicted molar refractivity (Wildman–Crippen MR) is 93.9 cm³/mol. The van der Waals surface area contributed by atoms with Crippen LogP contribution in [0.1, 0.15) is 39.5 Å². The monoisotopic (exact) mass is 350 g/mol. The number of halogens is 1. The molecular weight excluding hydrogens is 323 g/mol. The topological polar surface area (TPSA) is 50.8 Å². The van der Waals surface area contributed by atoms with Crippen LogP contribution in [0.25, 0.3) is 0 Å². The lowest BCUT2D eigenvalue weighted by atomic mass is 9.86. The third-order valence-corrected chi connectivity index (χ3v) is 5.11. The Morgan fingerprint density at radius 1 is 1.24 bits per heavy atom. The fourth-order valence-electron chi connectivity index (χ4n) is 3.40. The van der Waals surface area contributed by atoms with Crippen molar-refractivity contribution in [3.63, 3.8) is 0 Å². The third-order valence-electron chi connectivity index (χ3n) is 5.11. The quantitative estimate of drug-likeness (QED) is 0.877. The highest BCUT2D eigenvalue weighted by atomic mass is 19.1. The van der Waals surface area contributed by atoms with E-state index in [9.17, 15) is 9.18 Å². The van der Waals surface area contributed by atoms with Gasteiger partial charge in [0.15, 0.2) is 5.79 Å². The molecule has 0 aromatic heterocycles. The molecule has 138 valence electrons. The van der Waals surface area contributed by atoms with Crippen LogP contribution in [0, 0.1) is 11.2 Å². The summed E-state index contributed by atoms with van der Waals surface area (Å²) in [6.07, 6.45) is 3.22. The van der Waals surface area contributed by atoms with E-state index in [-0.39, 0.29) is 23.3 Å². The average molecular weight is 350 g/mol. The molecule has 6 heteroatoms. The van der Waals surface area contributed by atoms with Gasteiger partial charge in [-0.3, -0.25) is 0 Å². The highest BCUT2D eigenvalue weighted by molar-refractivity contribution is 5.89. The van der Waals surface area contributed by atoms with Crippen LogP contribution in [0.15, 0.2) is 24.3 Å². The number of hydrogen-bond donors (Lipinski definition) is 1. The van der Waals surface area contributed by atoms with Gasteiger partial charge in [-0.05, 0) is 31.0 Å². The number of nitrogens with zero attached hydrogens (tertiary/aromatic N) is 1. The molecule has 2 amide bonds. The molecule has 1 heterocycles. The second-order valence-corrected chi connectivity index (χ2v) is 7.93. The summed E-state index contributed by atoms with van der Waals surface area (Å²) in [5.74, 6) is -0.846. The van der Waals surface area contributed by atoms with Gasteiger partial charge in [-0.1, -0.05) is 19.9 Å². The number of nitrogens with one attached hydrogen (secondary N) is 1. The number of carbonyl (C=O) groups is 1. The van der Waals surface area contributed by atoms with Crippen molar-refractivity contribution in [2.24, 2.45) is 5.41 Å². The van der Waals surface area contributed by atoms with E-state index >= 15 is 0 Å². The molecule has 2 fully saturated rings. The van der Waals surface area contributed by atoms with Gasteiger partial charge in [0.25, 0.3) is 0 Å². The van der Waals surface area contributed by atoms with Crippen molar-refractivity contribution in [2.75, 3.05) is 25.6 Å². The van der Waals surface area contributed by atoms with E-state index in [4.69, 9.17) is 9.47 Å². The first-order chi connectivity index (χ1) is 11.8. The van der Waals surface area contributed by atoms with Gasteiger partial charge in [0.1, 0.15) is 5.82 Å². The fourth-order valence-corrected chi connectivity index (χ4v) is 3.40. The summed E-state index contributed by atoms with van der Waals surface area (Å²) in [4.78, 5) is 14.1. The van der Waals surface area contributed by atoms with E-state index in [1.807, 2.05) is 0 Å². The highest BCUT2D eigenvalue weighted by Gasteiger charge is 2.44. The van der Waals surface area contributed by atoms with Crippen LogP contribution in [0.3, 0.4) is 0 Å². The van der Waals surface area contributed by atoms with Gasteiger partial charge < -0.3 is 19.7 Å². The van der Waals surface area contributed by atoms with E-state index < -0.39 is 5.79 Å². The smallest absolute Gasteiger partial charge is 0.321 e. The first-order valence-corrected chi connectivity index (χ1v) is 8.86. The molecule has 0 atom stereocenters. The summed E-state index contributed by atoms with van der Waals surface area (Å²) >= 11 is 0. The molecule has 0 radical (unpaired) electrons. The van der Waals surface area contributed by atoms with Crippen molar-refractivity contribution in [1.29, 1.82) is 0 Å². The van der Waals surface area contributed by atoms with E-state index in [0.29, 0.717) is 18.9 Å². The summed E-state index contributed by atoms with van der Waals surface area (Å²) in [6, 6.07) is 5.82. The van der Waals surface area contributed by atoms with Crippen LogP contribution in [0.5, 0.6) is 0 Å². The number of amides is 2. The molecule has 25 heavy (non-hydrogen) atoms. The molecule has 1 spiro atoms. The Morgan fingerprint density at radius 2 is 1.88 bits per heavy atom. The van der Waals surface area contributed by atoms with Crippen molar-refractivity contribution in [3.8, 4) is 0 Å². The molecule has 0 bridgehead atoms. The zero-order chi connectivity index (χ0) is 18.1.